The van der Waals surface area contributed by atoms with Gasteiger partial charge >= 0.3 is 6.03 Å². The lowest BCUT2D eigenvalue weighted by Gasteiger charge is -2.41. The van der Waals surface area contributed by atoms with E-state index in [0.29, 0.717) is 28.5 Å². The first-order valence-corrected chi connectivity index (χ1v) is 9.72. The molecule has 2 aromatic carbocycles. The average Bonchev–Trinajstić information content (AvgIpc) is 2.81. The summed E-state index contributed by atoms with van der Waals surface area (Å²) in [4.78, 5) is 32.3. The maximum absolute atomic E-state index is 13.7. The molecule has 2 unspecified atom stereocenters. The van der Waals surface area contributed by atoms with E-state index in [-0.39, 0.29) is 18.0 Å². The van der Waals surface area contributed by atoms with Crippen LogP contribution in [0.4, 0.5) is 21.9 Å². The SMILES string of the molecule is CC1CN(C)CCC1N(C)C(=O)N1c2ccccc2NC(=O)c2ccccc21. The molecule has 0 bridgehead atoms. The Labute approximate surface area is 165 Å². The average molecular weight is 378 g/mol. The van der Waals surface area contributed by atoms with Crippen molar-refractivity contribution in [1.29, 1.82) is 0 Å². The standard InChI is InChI=1S/C22H26N4O2/c1-15-14-24(2)13-12-18(15)25(3)22(28)26-19-10-6-4-8-16(19)21(27)23-17-9-5-7-11-20(17)26/h4-11,15,18H,12-14H2,1-3H3,(H,23,27). The maximum Gasteiger partial charge on any atom is 0.329 e. The number of nitrogens with one attached hydrogen (secondary N) is 1. The third-order valence-electron chi connectivity index (χ3n) is 5.84. The summed E-state index contributed by atoms with van der Waals surface area (Å²) >= 11 is 0. The zero-order valence-electron chi connectivity index (χ0n) is 16.6. The molecule has 0 saturated carbocycles. The first-order valence-electron chi connectivity index (χ1n) is 9.72. The summed E-state index contributed by atoms with van der Waals surface area (Å²) in [6.45, 7) is 4.13. The number of anilines is 3. The van der Waals surface area contributed by atoms with Gasteiger partial charge in [0.05, 0.1) is 22.6 Å². The van der Waals surface area contributed by atoms with Crippen molar-refractivity contribution < 1.29 is 9.59 Å². The maximum atomic E-state index is 13.7. The number of fused-ring (bicyclic) bond motifs is 2. The van der Waals surface area contributed by atoms with E-state index in [2.05, 4.69) is 24.2 Å². The zero-order chi connectivity index (χ0) is 19.8. The molecule has 2 atom stereocenters. The lowest BCUT2D eigenvalue weighted by atomic mass is 9.93. The van der Waals surface area contributed by atoms with Crippen molar-refractivity contribution in [3.05, 3.63) is 54.1 Å². The summed E-state index contributed by atoms with van der Waals surface area (Å²) in [6, 6.07) is 14.8. The molecule has 2 heterocycles. The van der Waals surface area contributed by atoms with E-state index in [0.717, 1.165) is 19.5 Å². The molecule has 2 aromatic rings. The van der Waals surface area contributed by atoms with Gasteiger partial charge in [0, 0.05) is 19.6 Å². The topological polar surface area (TPSA) is 55.9 Å². The fraction of sp³-hybridized carbons (Fsp3) is 0.364. The number of piperidine rings is 1. The number of hydrogen-bond donors (Lipinski definition) is 1. The Morgan fingerprint density at radius 3 is 2.54 bits per heavy atom. The minimum absolute atomic E-state index is 0.113. The molecule has 146 valence electrons. The summed E-state index contributed by atoms with van der Waals surface area (Å²) in [5, 5.41) is 2.94. The molecule has 1 N–H and O–H groups in total. The van der Waals surface area contributed by atoms with Crippen LogP contribution < -0.4 is 10.2 Å². The predicted octanol–water partition coefficient (Wildman–Crippen LogP) is 3.78. The first-order chi connectivity index (χ1) is 13.5. The smallest absolute Gasteiger partial charge is 0.324 e. The Bertz CT molecular complexity index is 913. The largest absolute Gasteiger partial charge is 0.329 e. The summed E-state index contributed by atoms with van der Waals surface area (Å²) in [7, 11) is 3.99. The van der Waals surface area contributed by atoms with Crippen LogP contribution in [0.5, 0.6) is 0 Å². The van der Waals surface area contributed by atoms with E-state index in [1.165, 1.54) is 0 Å². The van der Waals surface area contributed by atoms with E-state index in [4.69, 9.17) is 0 Å². The minimum atomic E-state index is -0.200. The van der Waals surface area contributed by atoms with E-state index < -0.39 is 0 Å². The molecule has 1 saturated heterocycles. The summed E-state index contributed by atoms with van der Waals surface area (Å²) in [5.41, 5.74) is 2.44. The number of likely N-dealkylation sites (tertiary alicyclic amines) is 1. The van der Waals surface area contributed by atoms with Gasteiger partial charge in [-0.25, -0.2) is 4.79 Å². The normalized spacial score (nSPS) is 22.0. The Hall–Kier alpha value is -2.86. The van der Waals surface area contributed by atoms with Crippen LogP contribution >= 0.6 is 0 Å². The molecular formula is C22H26N4O2. The van der Waals surface area contributed by atoms with Crippen molar-refractivity contribution in [2.45, 2.75) is 19.4 Å². The van der Waals surface area contributed by atoms with Crippen molar-refractivity contribution in [2.24, 2.45) is 5.92 Å². The van der Waals surface area contributed by atoms with Gasteiger partial charge < -0.3 is 15.1 Å². The van der Waals surface area contributed by atoms with Crippen molar-refractivity contribution in [3.8, 4) is 0 Å². The molecule has 28 heavy (non-hydrogen) atoms. The van der Waals surface area contributed by atoms with Crippen molar-refractivity contribution >= 4 is 29.0 Å². The van der Waals surface area contributed by atoms with Gasteiger partial charge in [-0.1, -0.05) is 31.2 Å². The molecule has 2 aliphatic rings. The molecule has 2 aliphatic heterocycles. The second-order valence-electron chi connectivity index (χ2n) is 7.81. The molecule has 6 heteroatoms. The van der Waals surface area contributed by atoms with E-state index >= 15 is 0 Å². The van der Waals surface area contributed by atoms with E-state index in [1.807, 2.05) is 54.4 Å². The highest BCUT2D eigenvalue weighted by Gasteiger charge is 2.35. The zero-order valence-corrected chi connectivity index (χ0v) is 16.6. The molecule has 0 radical (unpaired) electrons. The first kappa shape index (κ1) is 18.5. The quantitative estimate of drug-likeness (QED) is 0.822. The molecule has 3 amide bonds. The third kappa shape index (κ3) is 3.14. The van der Waals surface area contributed by atoms with Crippen LogP contribution in [0, 0.1) is 5.92 Å². The number of hydrogen-bond acceptors (Lipinski definition) is 3. The second-order valence-corrected chi connectivity index (χ2v) is 7.81. The molecule has 1 fully saturated rings. The molecule has 4 rings (SSSR count). The Morgan fingerprint density at radius 1 is 1.11 bits per heavy atom. The van der Waals surface area contributed by atoms with Crippen LogP contribution in [-0.2, 0) is 0 Å². The Morgan fingerprint density at radius 2 is 1.79 bits per heavy atom. The number of carbonyl (C=O) groups is 2. The lowest BCUT2D eigenvalue weighted by Crippen LogP contribution is -2.52. The van der Waals surface area contributed by atoms with Crippen molar-refractivity contribution in [2.75, 3.05) is 37.4 Å². The number of urea groups is 1. The van der Waals surface area contributed by atoms with Crippen LogP contribution in [0.3, 0.4) is 0 Å². The van der Waals surface area contributed by atoms with Gasteiger partial charge in [0.2, 0.25) is 0 Å². The second kappa shape index (κ2) is 7.28. The predicted molar refractivity (Wildman–Crippen MR) is 111 cm³/mol. The van der Waals surface area contributed by atoms with E-state index in [9.17, 15) is 9.59 Å². The van der Waals surface area contributed by atoms with Gasteiger partial charge in [-0.15, -0.1) is 0 Å². The monoisotopic (exact) mass is 378 g/mol. The highest BCUT2D eigenvalue weighted by Crippen LogP contribution is 2.39. The van der Waals surface area contributed by atoms with Crippen LogP contribution in [-0.4, -0.2) is 55.0 Å². The molecular weight excluding hydrogens is 352 g/mol. The van der Waals surface area contributed by atoms with Gasteiger partial charge in [0.1, 0.15) is 0 Å². The highest BCUT2D eigenvalue weighted by molar-refractivity contribution is 6.17. The fourth-order valence-electron chi connectivity index (χ4n) is 4.38. The van der Waals surface area contributed by atoms with Gasteiger partial charge in [0.15, 0.2) is 0 Å². The number of amides is 3. The molecule has 6 nitrogen and oxygen atoms in total. The number of rotatable bonds is 1. The molecule has 0 spiro atoms. The van der Waals surface area contributed by atoms with Crippen LogP contribution in [0.1, 0.15) is 23.7 Å². The van der Waals surface area contributed by atoms with Crippen LogP contribution in [0.25, 0.3) is 0 Å². The molecule has 0 aromatic heterocycles. The molecule has 0 aliphatic carbocycles. The van der Waals surface area contributed by atoms with Crippen LogP contribution in [0.2, 0.25) is 0 Å². The van der Waals surface area contributed by atoms with Gasteiger partial charge in [0.25, 0.3) is 5.91 Å². The van der Waals surface area contributed by atoms with Crippen molar-refractivity contribution in [3.63, 3.8) is 0 Å². The number of nitrogens with zero attached hydrogens (tertiary/aromatic N) is 3. The van der Waals surface area contributed by atoms with Gasteiger partial charge in [-0.3, -0.25) is 9.69 Å². The number of para-hydroxylation sites is 3. The summed E-state index contributed by atoms with van der Waals surface area (Å²) in [5.74, 6) is 0.179. The van der Waals surface area contributed by atoms with Crippen LogP contribution in [0.15, 0.2) is 48.5 Å². The minimum Gasteiger partial charge on any atom is -0.324 e. The van der Waals surface area contributed by atoms with E-state index in [1.54, 1.807) is 11.0 Å². The van der Waals surface area contributed by atoms with Gasteiger partial charge in [-0.05, 0) is 50.2 Å². The fourth-order valence-corrected chi connectivity index (χ4v) is 4.38. The number of carbonyl (C=O) groups excluding carboxylic acids is 2. The Balaban J connectivity index is 1.77. The summed E-state index contributed by atoms with van der Waals surface area (Å²) in [6.07, 6.45) is 0.939. The lowest BCUT2D eigenvalue weighted by molar-refractivity contribution is 0.102. The summed E-state index contributed by atoms with van der Waals surface area (Å²) < 4.78 is 0. The number of benzene rings is 2. The third-order valence-corrected chi connectivity index (χ3v) is 5.84. The van der Waals surface area contributed by atoms with Gasteiger partial charge in [-0.2, -0.15) is 0 Å². The van der Waals surface area contributed by atoms with Crippen molar-refractivity contribution in [1.82, 2.24) is 9.80 Å². The Kier molecular flexibility index (Phi) is 4.81. The highest BCUT2D eigenvalue weighted by atomic mass is 16.2.